The average molecular weight is 345 g/mol. The van der Waals surface area contributed by atoms with Crippen LogP contribution in [0.1, 0.15) is 24.5 Å². The van der Waals surface area contributed by atoms with Gasteiger partial charge in [-0.25, -0.2) is 0 Å². The molecule has 2 atom stereocenters. The maximum Gasteiger partial charge on any atom is 0.245 e. The molecular formula is C19H27N3O3. The number of nitrogens with zero attached hydrogens (tertiary/aromatic N) is 3. The van der Waals surface area contributed by atoms with Gasteiger partial charge in [-0.15, -0.1) is 0 Å². The number of aryl methyl sites for hydroxylation is 1. The average Bonchev–Trinajstić information content (AvgIpc) is 2.99. The molecule has 0 bridgehead atoms. The predicted molar refractivity (Wildman–Crippen MR) is 96.5 cm³/mol. The van der Waals surface area contributed by atoms with Crippen molar-refractivity contribution in [2.75, 3.05) is 37.6 Å². The van der Waals surface area contributed by atoms with Crippen LogP contribution in [0.2, 0.25) is 0 Å². The minimum absolute atomic E-state index is 0.0348. The largest absolute Gasteiger partial charge is 0.391 e. The van der Waals surface area contributed by atoms with E-state index in [0.29, 0.717) is 19.5 Å². The zero-order valence-electron chi connectivity index (χ0n) is 15.2. The number of carbonyl (C=O) groups excluding carboxylic acids is 2. The highest BCUT2D eigenvalue weighted by Gasteiger charge is 2.40. The van der Waals surface area contributed by atoms with E-state index in [4.69, 9.17) is 0 Å². The number of aliphatic hydroxyl groups excluding tert-OH is 1. The molecule has 2 aliphatic rings. The summed E-state index contributed by atoms with van der Waals surface area (Å²) in [5, 5.41) is 9.84. The summed E-state index contributed by atoms with van der Waals surface area (Å²) in [4.78, 5) is 30.2. The molecule has 1 N–H and O–H groups in total. The highest BCUT2D eigenvalue weighted by molar-refractivity contribution is 5.88. The summed E-state index contributed by atoms with van der Waals surface area (Å²) < 4.78 is 0. The minimum Gasteiger partial charge on any atom is -0.391 e. The van der Waals surface area contributed by atoms with Crippen molar-refractivity contribution in [2.45, 2.75) is 39.3 Å². The van der Waals surface area contributed by atoms with E-state index < -0.39 is 12.1 Å². The van der Waals surface area contributed by atoms with Crippen molar-refractivity contribution in [1.29, 1.82) is 0 Å². The topological polar surface area (TPSA) is 64.1 Å². The maximum atomic E-state index is 12.8. The van der Waals surface area contributed by atoms with Crippen molar-refractivity contribution >= 4 is 17.5 Å². The lowest BCUT2D eigenvalue weighted by molar-refractivity contribution is -0.143. The number of piperazine rings is 1. The molecule has 3 rings (SSSR count). The SMILES string of the molecule is CC(=O)N1C[C@@H](O)C[C@@H]1C(=O)N1CCN(c2cccc(C)c2C)CC1. The van der Waals surface area contributed by atoms with Crippen molar-refractivity contribution in [3.05, 3.63) is 29.3 Å². The molecule has 2 amide bonds. The summed E-state index contributed by atoms with van der Waals surface area (Å²) in [7, 11) is 0. The van der Waals surface area contributed by atoms with Crippen LogP contribution in [0.4, 0.5) is 5.69 Å². The summed E-state index contributed by atoms with van der Waals surface area (Å²) in [5.74, 6) is -0.184. The summed E-state index contributed by atoms with van der Waals surface area (Å²) in [5.41, 5.74) is 3.78. The van der Waals surface area contributed by atoms with E-state index in [1.54, 1.807) is 0 Å². The van der Waals surface area contributed by atoms with Crippen molar-refractivity contribution in [3.63, 3.8) is 0 Å². The first-order chi connectivity index (χ1) is 11.9. The van der Waals surface area contributed by atoms with Crippen LogP contribution in [0.5, 0.6) is 0 Å². The molecule has 0 saturated carbocycles. The second-order valence-electron chi connectivity index (χ2n) is 7.11. The number of benzene rings is 1. The molecule has 0 radical (unpaired) electrons. The Kier molecular flexibility index (Phi) is 4.99. The second-order valence-corrected chi connectivity index (χ2v) is 7.11. The van der Waals surface area contributed by atoms with E-state index in [9.17, 15) is 14.7 Å². The van der Waals surface area contributed by atoms with Crippen LogP contribution in [0.25, 0.3) is 0 Å². The van der Waals surface area contributed by atoms with E-state index in [1.807, 2.05) is 4.90 Å². The van der Waals surface area contributed by atoms with Crippen molar-refractivity contribution in [3.8, 4) is 0 Å². The van der Waals surface area contributed by atoms with Gasteiger partial charge in [-0.3, -0.25) is 9.59 Å². The number of aliphatic hydroxyl groups is 1. The highest BCUT2D eigenvalue weighted by atomic mass is 16.3. The Morgan fingerprint density at radius 3 is 2.44 bits per heavy atom. The third kappa shape index (κ3) is 3.49. The Balaban J connectivity index is 1.65. The van der Waals surface area contributed by atoms with E-state index in [2.05, 4.69) is 36.9 Å². The van der Waals surface area contributed by atoms with Gasteiger partial charge >= 0.3 is 0 Å². The number of rotatable bonds is 2. The quantitative estimate of drug-likeness (QED) is 0.866. The van der Waals surface area contributed by atoms with Gasteiger partial charge in [0.05, 0.1) is 6.10 Å². The van der Waals surface area contributed by atoms with Gasteiger partial charge in [-0.2, -0.15) is 0 Å². The number of β-amino-alcohol motifs (C(OH)–C–C–N with tert-alkyl or cyclic N) is 1. The summed E-state index contributed by atoms with van der Waals surface area (Å²) in [6, 6.07) is 5.80. The van der Waals surface area contributed by atoms with Crippen LogP contribution in [0.15, 0.2) is 18.2 Å². The van der Waals surface area contributed by atoms with Gasteiger partial charge in [0.25, 0.3) is 0 Å². The van der Waals surface area contributed by atoms with Crippen LogP contribution in [-0.4, -0.2) is 71.6 Å². The smallest absolute Gasteiger partial charge is 0.245 e. The predicted octanol–water partition coefficient (Wildman–Crippen LogP) is 0.934. The first kappa shape index (κ1) is 17.7. The number of carbonyl (C=O) groups is 2. The van der Waals surface area contributed by atoms with Crippen LogP contribution in [0, 0.1) is 13.8 Å². The van der Waals surface area contributed by atoms with Gasteiger partial charge in [0.15, 0.2) is 0 Å². The molecular weight excluding hydrogens is 318 g/mol. The van der Waals surface area contributed by atoms with Crippen molar-refractivity contribution in [2.24, 2.45) is 0 Å². The zero-order valence-corrected chi connectivity index (χ0v) is 15.2. The summed E-state index contributed by atoms with van der Waals surface area (Å²) in [6.45, 7) is 8.81. The third-order valence-electron chi connectivity index (χ3n) is 5.48. The summed E-state index contributed by atoms with van der Waals surface area (Å²) in [6.07, 6.45) is -0.260. The molecule has 1 aromatic carbocycles. The van der Waals surface area contributed by atoms with E-state index >= 15 is 0 Å². The number of anilines is 1. The van der Waals surface area contributed by atoms with Gasteiger partial charge in [0.1, 0.15) is 6.04 Å². The number of hydrogen-bond acceptors (Lipinski definition) is 4. The Bertz CT molecular complexity index is 668. The van der Waals surface area contributed by atoms with E-state index in [0.717, 1.165) is 13.1 Å². The lowest BCUT2D eigenvalue weighted by atomic mass is 10.1. The maximum absolute atomic E-state index is 12.8. The van der Waals surface area contributed by atoms with Crippen molar-refractivity contribution in [1.82, 2.24) is 9.80 Å². The number of hydrogen-bond donors (Lipinski definition) is 1. The Morgan fingerprint density at radius 1 is 1.12 bits per heavy atom. The molecule has 6 heteroatoms. The fraction of sp³-hybridized carbons (Fsp3) is 0.579. The lowest BCUT2D eigenvalue weighted by Crippen LogP contribution is -2.54. The Hall–Kier alpha value is -2.08. The van der Waals surface area contributed by atoms with Gasteiger partial charge in [0.2, 0.25) is 11.8 Å². The van der Waals surface area contributed by atoms with Gasteiger partial charge in [0, 0.05) is 51.8 Å². The highest BCUT2D eigenvalue weighted by Crippen LogP contribution is 2.25. The molecule has 2 heterocycles. The first-order valence-corrected chi connectivity index (χ1v) is 8.93. The minimum atomic E-state index is -0.603. The number of likely N-dealkylation sites (tertiary alicyclic amines) is 1. The molecule has 2 fully saturated rings. The zero-order chi connectivity index (χ0) is 18.1. The first-order valence-electron chi connectivity index (χ1n) is 8.93. The molecule has 2 aliphatic heterocycles. The molecule has 25 heavy (non-hydrogen) atoms. The monoisotopic (exact) mass is 345 g/mol. The molecule has 1 aromatic rings. The van der Waals surface area contributed by atoms with Gasteiger partial charge in [-0.05, 0) is 31.0 Å². The standard InChI is InChI=1S/C19H27N3O3/c1-13-5-4-6-17(14(13)2)20-7-9-21(10-8-20)19(25)18-11-16(24)12-22(18)15(3)23/h4-6,16,18,24H,7-12H2,1-3H3/t16-,18+/m0/s1. The Labute approximate surface area is 149 Å². The Morgan fingerprint density at radius 2 is 1.80 bits per heavy atom. The molecule has 6 nitrogen and oxygen atoms in total. The van der Waals surface area contributed by atoms with Gasteiger partial charge in [-0.1, -0.05) is 12.1 Å². The molecule has 0 aromatic heterocycles. The third-order valence-corrected chi connectivity index (χ3v) is 5.48. The molecule has 2 saturated heterocycles. The van der Waals surface area contributed by atoms with Crippen LogP contribution in [-0.2, 0) is 9.59 Å². The molecule has 0 aliphatic carbocycles. The molecule has 136 valence electrons. The molecule has 0 spiro atoms. The fourth-order valence-electron chi connectivity index (χ4n) is 3.85. The van der Waals surface area contributed by atoms with E-state index in [-0.39, 0.29) is 18.4 Å². The van der Waals surface area contributed by atoms with Crippen molar-refractivity contribution < 1.29 is 14.7 Å². The van der Waals surface area contributed by atoms with Crippen LogP contribution < -0.4 is 4.90 Å². The summed E-state index contributed by atoms with van der Waals surface area (Å²) >= 11 is 0. The van der Waals surface area contributed by atoms with Gasteiger partial charge < -0.3 is 19.8 Å². The molecule has 0 unspecified atom stereocenters. The number of amides is 2. The second kappa shape index (κ2) is 7.04. The van der Waals surface area contributed by atoms with Crippen LogP contribution in [0.3, 0.4) is 0 Å². The van der Waals surface area contributed by atoms with Crippen LogP contribution >= 0.6 is 0 Å². The normalized spacial score (nSPS) is 23.9. The fourth-order valence-corrected chi connectivity index (χ4v) is 3.85. The van der Waals surface area contributed by atoms with E-state index in [1.165, 1.54) is 28.6 Å². The lowest BCUT2D eigenvalue weighted by Gasteiger charge is -2.38.